The van der Waals surface area contributed by atoms with Crippen LogP contribution < -0.4 is 10.1 Å². The van der Waals surface area contributed by atoms with E-state index in [0.717, 1.165) is 17.0 Å². The molecule has 0 atom stereocenters. The largest absolute Gasteiger partial charge is 0.481 e. The van der Waals surface area contributed by atoms with Crippen LogP contribution in [0.1, 0.15) is 10.4 Å². The molecule has 0 fully saturated rings. The van der Waals surface area contributed by atoms with Gasteiger partial charge in [-0.1, -0.05) is 24.0 Å². The van der Waals surface area contributed by atoms with Crippen LogP contribution in [-0.4, -0.2) is 19.1 Å². The van der Waals surface area contributed by atoms with Gasteiger partial charge in [0, 0.05) is 4.88 Å². The van der Waals surface area contributed by atoms with E-state index in [2.05, 4.69) is 17.2 Å². The second-order valence-corrected chi connectivity index (χ2v) is 5.73. The predicted octanol–water partition coefficient (Wildman–Crippen LogP) is 3.51. The van der Waals surface area contributed by atoms with Gasteiger partial charge in [0.05, 0.1) is 18.5 Å². The number of hydrogen-bond acceptors (Lipinski definition) is 3. The molecule has 1 aromatic carbocycles. The van der Waals surface area contributed by atoms with E-state index < -0.39 is 11.7 Å². The third kappa shape index (κ3) is 5.97. The van der Waals surface area contributed by atoms with Gasteiger partial charge in [-0.3, -0.25) is 4.79 Å². The highest BCUT2D eigenvalue weighted by Gasteiger charge is 2.30. The zero-order valence-corrected chi connectivity index (χ0v) is 13.3. The van der Waals surface area contributed by atoms with Crippen LogP contribution in [0.3, 0.4) is 0 Å². The minimum atomic E-state index is -4.40. The van der Waals surface area contributed by atoms with E-state index in [4.69, 9.17) is 4.74 Å². The predicted molar refractivity (Wildman–Crippen MR) is 85.7 cm³/mol. The van der Waals surface area contributed by atoms with E-state index in [1.165, 1.54) is 23.5 Å². The molecule has 0 aliphatic carbocycles. The van der Waals surface area contributed by atoms with Crippen LogP contribution in [0, 0.1) is 11.8 Å². The molecule has 1 amide bonds. The first-order valence-electron chi connectivity index (χ1n) is 7.00. The molecule has 0 bridgehead atoms. The Morgan fingerprint density at radius 1 is 1.21 bits per heavy atom. The molecule has 126 valence electrons. The minimum absolute atomic E-state index is 0.0535. The summed E-state index contributed by atoms with van der Waals surface area (Å²) >= 11 is 1.50. The molecule has 0 radical (unpaired) electrons. The molecule has 0 spiro atoms. The fourth-order valence-electron chi connectivity index (χ4n) is 1.77. The van der Waals surface area contributed by atoms with Gasteiger partial charge in [0.15, 0.2) is 0 Å². The number of halogens is 3. The molecule has 3 nitrogen and oxygen atoms in total. The number of ether oxygens (including phenoxy) is 1. The first-order chi connectivity index (χ1) is 11.4. The molecule has 0 saturated heterocycles. The maximum Gasteiger partial charge on any atom is 0.416 e. The Bertz CT molecular complexity index is 730. The standard InChI is InChI=1S/C17H14F3NO2S/c18-17(19,20)13-5-3-6-14(11-13)23-9-2-1-8-21-16(22)12-15-7-4-10-24-15/h3-7,10-11H,8-9,12H2,(H,21,22). The van der Waals surface area contributed by atoms with Gasteiger partial charge in [-0.2, -0.15) is 13.2 Å². The smallest absolute Gasteiger partial charge is 0.416 e. The summed E-state index contributed by atoms with van der Waals surface area (Å²) in [4.78, 5) is 12.6. The molecule has 7 heteroatoms. The number of benzene rings is 1. The lowest BCUT2D eigenvalue weighted by Gasteiger charge is -2.08. The highest BCUT2D eigenvalue weighted by atomic mass is 32.1. The molecule has 0 aliphatic rings. The van der Waals surface area contributed by atoms with Crippen molar-refractivity contribution in [1.82, 2.24) is 5.32 Å². The summed E-state index contributed by atoms with van der Waals surface area (Å²) in [6, 6.07) is 8.35. The summed E-state index contributed by atoms with van der Waals surface area (Å²) in [5.41, 5.74) is -0.770. The van der Waals surface area contributed by atoms with Crippen molar-refractivity contribution in [2.75, 3.05) is 13.2 Å². The van der Waals surface area contributed by atoms with Gasteiger partial charge in [0.25, 0.3) is 0 Å². The topological polar surface area (TPSA) is 38.3 Å². The minimum Gasteiger partial charge on any atom is -0.481 e. The fourth-order valence-corrected chi connectivity index (χ4v) is 2.48. The van der Waals surface area contributed by atoms with E-state index in [9.17, 15) is 18.0 Å². The third-order valence-corrected chi connectivity index (χ3v) is 3.76. The average Bonchev–Trinajstić information content (AvgIpc) is 3.03. The van der Waals surface area contributed by atoms with Gasteiger partial charge in [0.1, 0.15) is 12.4 Å². The third-order valence-electron chi connectivity index (χ3n) is 2.89. The number of thiophene rings is 1. The Morgan fingerprint density at radius 2 is 2.04 bits per heavy atom. The first kappa shape index (κ1) is 17.9. The molecule has 24 heavy (non-hydrogen) atoms. The van der Waals surface area contributed by atoms with Crippen molar-refractivity contribution in [3.05, 3.63) is 52.2 Å². The van der Waals surface area contributed by atoms with Gasteiger partial charge in [0.2, 0.25) is 5.91 Å². The zero-order valence-electron chi connectivity index (χ0n) is 12.5. The van der Waals surface area contributed by atoms with Crippen LogP contribution in [0.15, 0.2) is 41.8 Å². The molecule has 0 saturated carbocycles. The maximum absolute atomic E-state index is 12.5. The fraction of sp³-hybridized carbons (Fsp3) is 0.235. The van der Waals surface area contributed by atoms with Gasteiger partial charge < -0.3 is 10.1 Å². The summed E-state index contributed by atoms with van der Waals surface area (Å²) in [6.45, 7) is 0.109. The van der Waals surface area contributed by atoms with Gasteiger partial charge in [-0.05, 0) is 29.6 Å². The lowest BCUT2D eigenvalue weighted by Crippen LogP contribution is -2.25. The summed E-state index contributed by atoms with van der Waals surface area (Å²) in [6.07, 6.45) is -4.10. The SMILES string of the molecule is O=C(Cc1cccs1)NCC#CCOc1cccc(C(F)(F)F)c1. The second-order valence-electron chi connectivity index (χ2n) is 4.70. The van der Waals surface area contributed by atoms with Crippen molar-refractivity contribution < 1.29 is 22.7 Å². The first-order valence-corrected chi connectivity index (χ1v) is 7.88. The van der Waals surface area contributed by atoms with Crippen molar-refractivity contribution in [2.24, 2.45) is 0 Å². The Morgan fingerprint density at radius 3 is 2.75 bits per heavy atom. The van der Waals surface area contributed by atoms with E-state index in [1.807, 2.05) is 17.5 Å². The van der Waals surface area contributed by atoms with E-state index in [0.29, 0.717) is 6.42 Å². The van der Waals surface area contributed by atoms with Crippen molar-refractivity contribution >= 4 is 17.2 Å². The number of hydrogen-bond donors (Lipinski definition) is 1. The van der Waals surface area contributed by atoms with Crippen molar-refractivity contribution in [3.8, 4) is 17.6 Å². The molecule has 2 aromatic rings. The highest BCUT2D eigenvalue weighted by molar-refractivity contribution is 7.10. The molecule has 1 heterocycles. The quantitative estimate of drug-likeness (QED) is 0.836. The van der Waals surface area contributed by atoms with Gasteiger partial charge in [-0.15, -0.1) is 11.3 Å². The number of rotatable bonds is 5. The lowest BCUT2D eigenvalue weighted by atomic mass is 10.2. The zero-order chi connectivity index (χ0) is 17.4. The van der Waals surface area contributed by atoms with Crippen molar-refractivity contribution in [1.29, 1.82) is 0 Å². The molecule has 0 aliphatic heterocycles. The summed E-state index contributed by atoms with van der Waals surface area (Å²) in [5, 5.41) is 4.53. The van der Waals surface area contributed by atoms with E-state index >= 15 is 0 Å². The number of nitrogens with one attached hydrogen (secondary N) is 1. The number of alkyl halides is 3. The monoisotopic (exact) mass is 353 g/mol. The Hall–Kier alpha value is -2.46. The molecule has 1 aromatic heterocycles. The Kier molecular flexibility index (Phi) is 6.27. The Balaban J connectivity index is 1.71. The number of carbonyl (C=O) groups excluding carboxylic acids is 1. The molecular formula is C17H14F3NO2S. The van der Waals surface area contributed by atoms with Crippen LogP contribution in [0.5, 0.6) is 5.75 Å². The number of amides is 1. The van der Waals surface area contributed by atoms with Gasteiger partial charge in [-0.25, -0.2) is 0 Å². The molecule has 2 rings (SSSR count). The lowest BCUT2D eigenvalue weighted by molar-refractivity contribution is -0.137. The van der Waals surface area contributed by atoms with E-state index in [1.54, 1.807) is 0 Å². The molecule has 1 N–H and O–H groups in total. The van der Waals surface area contributed by atoms with Crippen LogP contribution in [-0.2, 0) is 17.4 Å². The average molecular weight is 353 g/mol. The van der Waals surface area contributed by atoms with Crippen molar-refractivity contribution in [3.63, 3.8) is 0 Å². The second kappa shape index (κ2) is 8.41. The summed E-state index contributed by atoms with van der Waals surface area (Å²) in [7, 11) is 0. The van der Waals surface area contributed by atoms with E-state index in [-0.39, 0.29) is 24.8 Å². The van der Waals surface area contributed by atoms with Crippen LogP contribution >= 0.6 is 11.3 Å². The number of carbonyl (C=O) groups is 1. The molecule has 0 unspecified atom stereocenters. The normalized spacial score (nSPS) is 10.6. The maximum atomic E-state index is 12.5. The summed E-state index contributed by atoms with van der Waals surface area (Å²) in [5.74, 6) is 5.29. The molecular weight excluding hydrogens is 339 g/mol. The van der Waals surface area contributed by atoms with Crippen LogP contribution in [0.2, 0.25) is 0 Å². The van der Waals surface area contributed by atoms with Gasteiger partial charge >= 0.3 is 6.18 Å². The summed E-state index contributed by atoms with van der Waals surface area (Å²) < 4.78 is 42.8. The van der Waals surface area contributed by atoms with Crippen LogP contribution in [0.4, 0.5) is 13.2 Å². The van der Waals surface area contributed by atoms with Crippen molar-refractivity contribution in [2.45, 2.75) is 12.6 Å². The van der Waals surface area contributed by atoms with Crippen LogP contribution in [0.25, 0.3) is 0 Å². The Labute approximate surface area is 141 Å². The highest BCUT2D eigenvalue weighted by Crippen LogP contribution is 2.31.